The quantitative estimate of drug-likeness (QED) is 0.616. The van der Waals surface area contributed by atoms with Crippen molar-refractivity contribution in [2.75, 3.05) is 13.1 Å². The van der Waals surface area contributed by atoms with Crippen LogP contribution in [0.15, 0.2) is 54.7 Å². The molecule has 0 bridgehead atoms. The van der Waals surface area contributed by atoms with E-state index in [1.807, 2.05) is 43.3 Å². The van der Waals surface area contributed by atoms with Crippen LogP contribution in [0.3, 0.4) is 0 Å². The molecule has 0 fully saturated rings. The van der Waals surface area contributed by atoms with Crippen molar-refractivity contribution in [3.05, 3.63) is 77.0 Å². The first kappa shape index (κ1) is 19.8. The van der Waals surface area contributed by atoms with Gasteiger partial charge in [0, 0.05) is 31.1 Å². The Kier molecular flexibility index (Phi) is 5.57. The second kappa shape index (κ2) is 8.45. The van der Waals surface area contributed by atoms with Gasteiger partial charge in [-0.25, -0.2) is 0 Å². The van der Waals surface area contributed by atoms with Crippen LogP contribution in [-0.2, 0) is 11.2 Å². The third-order valence-electron chi connectivity index (χ3n) is 5.34. The summed E-state index contributed by atoms with van der Waals surface area (Å²) < 4.78 is 0. The number of carbonyl (C=O) groups excluding carboxylic acids is 3. The van der Waals surface area contributed by atoms with E-state index in [-0.39, 0.29) is 30.7 Å². The summed E-state index contributed by atoms with van der Waals surface area (Å²) >= 11 is 0. The topological polar surface area (TPSA) is 79.4 Å². The Balaban J connectivity index is 1.25. The van der Waals surface area contributed by atoms with Gasteiger partial charge >= 0.3 is 0 Å². The molecule has 152 valence electrons. The van der Waals surface area contributed by atoms with Crippen LogP contribution >= 0.6 is 0 Å². The van der Waals surface area contributed by atoms with Crippen LogP contribution in [0, 0.1) is 6.92 Å². The summed E-state index contributed by atoms with van der Waals surface area (Å²) in [6, 6.07) is 15.2. The van der Waals surface area contributed by atoms with Gasteiger partial charge in [-0.15, -0.1) is 0 Å². The molecule has 2 aromatic carbocycles. The van der Waals surface area contributed by atoms with E-state index < -0.39 is 0 Å². The Morgan fingerprint density at radius 3 is 2.70 bits per heavy atom. The maximum atomic E-state index is 12.5. The highest BCUT2D eigenvalue weighted by Gasteiger charge is 2.34. The zero-order valence-electron chi connectivity index (χ0n) is 16.9. The Morgan fingerprint density at radius 1 is 1.03 bits per heavy atom. The molecule has 3 amide bonds. The number of nitrogens with one attached hydrogen (secondary N) is 1. The van der Waals surface area contributed by atoms with Crippen LogP contribution in [0.25, 0.3) is 10.9 Å². The molecule has 0 saturated heterocycles. The number of aromatic nitrogens is 1. The molecule has 30 heavy (non-hydrogen) atoms. The number of amides is 3. The Labute approximate surface area is 174 Å². The van der Waals surface area contributed by atoms with Crippen molar-refractivity contribution >= 4 is 28.6 Å². The largest absolute Gasteiger partial charge is 0.356 e. The highest BCUT2D eigenvalue weighted by atomic mass is 16.2. The minimum absolute atomic E-state index is 0.0874. The molecule has 6 nitrogen and oxygen atoms in total. The van der Waals surface area contributed by atoms with E-state index in [9.17, 15) is 14.4 Å². The summed E-state index contributed by atoms with van der Waals surface area (Å²) in [5.74, 6) is -0.642. The molecule has 1 aromatic heterocycles. The van der Waals surface area contributed by atoms with Crippen molar-refractivity contribution < 1.29 is 14.4 Å². The highest BCUT2D eigenvalue weighted by Crippen LogP contribution is 2.24. The molecule has 3 aromatic rings. The lowest BCUT2D eigenvalue weighted by Crippen LogP contribution is -2.32. The standard InChI is InChI=1S/C24H23N3O3/c1-16-9-10-19-20(15-16)24(30)27(23(19)29)14-4-8-21(28)25-13-11-18-6-2-5-17-7-3-12-26-22(17)18/h2-3,5-7,9-10,12,15H,4,8,11,13-14H2,1H3,(H,25,28). The van der Waals surface area contributed by atoms with Gasteiger partial charge in [0.1, 0.15) is 0 Å². The van der Waals surface area contributed by atoms with Gasteiger partial charge in [0.05, 0.1) is 16.6 Å². The van der Waals surface area contributed by atoms with E-state index in [0.717, 1.165) is 22.0 Å². The second-order valence-electron chi connectivity index (χ2n) is 7.51. The first-order valence-electron chi connectivity index (χ1n) is 10.1. The number of carbonyl (C=O) groups is 3. The molecular formula is C24H23N3O3. The summed E-state index contributed by atoms with van der Waals surface area (Å²) in [5, 5.41) is 3.99. The fraction of sp³-hybridized carbons (Fsp3) is 0.250. The summed E-state index contributed by atoms with van der Waals surface area (Å²) in [6.45, 7) is 2.65. The normalized spacial score (nSPS) is 13.0. The van der Waals surface area contributed by atoms with Crippen molar-refractivity contribution in [1.82, 2.24) is 15.2 Å². The summed E-state index contributed by atoms with van der Waals surface area (Å²) in [5.41, 5.74) is 3.88. The molecule has 2 heterocycles. The molecule has 6 heteroatoms. The summed E-state index contributed by atoms with van der Waals surface area (Å²) in [7, 11) is 0. The van der Waals surface area contributed by atoms with Crippen molar-refractivity contribution in [1.29, 1.82) is 0 Å². The monoisotopic (exact) mass is 401 g/mol. The number of para-hydroxylation sites is 1. The predicted molar refractivity (Wildman–Crippen MR) is 114 cm³/mol. The first-order valence-corrected chi connectivity index (χ1v) is 10.1. The van der Waals surface area contributed by atoms with Crippen molar-refractivity contribution in [3.8, 4) is 0 Å². The number of hydrogen-bond acceptors (Lipinski definition) is 4. The lowest BCUT2D eigenvalue weighted by Gasteiger charge is -2.13. The van der Waals surface area contributed by atoms with Crippen LogP contribution in [0.5, 0.6) is 0 Å². The third kappa shape index (κ3) is 3.94. The molecule has 0 unspecified atom stereocenters. The van der Waals surface area contributed by atoms with Crippen LogP contribution in [0.4, 0.5) is 0 Å². The van der Waals surface area contributed by atoms with Gasteiger partial charge < -0.3 is 5.32 Å². The number of benzene rings is 2. The van der Waals surface area contributed by atoms with Crippen LogP contribution < -0.4 is 5.32 Å². The molecule has 0 radical (unpaired) electrons. The van der Waals surface area contributed by atoms with E-state index in [1.54, 1.807) is 18.3 Å². The smallest absolute Gasteiger partial charge is 0.261 e. The van der Waals surface area contributed by atoms with Gasteiger partial charge in [-0.1, -0.05) is 35.9 Å². The third-order valence-corrected chi connectivity index (χ3v) is 5.34. The van der Waals surface area contributed by atoms with Gasteiger partial charge in [0.15, 0.2) is 0 Å². The highest BCUT2D eigenvalue weighted by molar-refractivity contribution is 6.21. The number of aryl methyl sites for hydroxylation is 1. The first-order chi connectivity index (χ1) is 14.5. The van der Waals surface area contributed by atoms with Gasteiger partial charge in [0.2, 0.25) is 5.91 Å². The second-order valence-corrected chi connectivity index (χ2v) is 7.51. The average Bonchev–Trinajstić information content (AvgIpc) is 2.98. The van der Waals surface area contributed by atoms with Crippen molar-refractivity contribution in [3.63, 3.8) is 0 Å². The van der Waals surface area contributed by atoms with Gasteiger partial charge in [0.25, 0.3) is 11.8 Å². The predicted octanol–water partition coefficient (Wildman–Crippen LogP) is 3.28. The van der Waals surface area contributed by atoms with Crippen LogP contribution in [-0.4, -0.2) is 40.7 Å². The SMILES string of the molecule is Cc1ccc2c(c1)C(=O)N(CCCC(=O)NCCc1cccc3cccnc13)C2=O. The molecule has 0 spiro atoms. The Morgan fingerprint density at radius 2 is 1.83 bits per heavy atom. The molecule has 0 aliphatic carbocycles. The van der Waals surface area contributed by atoms with Gasteiger partial charge in [-0.2, -0.15) is 0 Å². The number of fused-ring (bicyclic) bond motifs is 2. The number of hydrogen-bond donors (Lipinski definition) is 1. The van der Waals surface area contributed by atoms with E-state index in [4.69, 9.17) is 0 Å². The van der Waals surface area contributed by atoms with E-state index >= 15 is 0 Å². The molecule has 1 N–H and O–H groups in total. The number of rotatable bonds is 7. The fourth-order valence-electron chi connectivity index (χ4n) is 3.80. The minimum Gasteiger partial charge on any atom is -0.356 e. The maximum absolute atomic E-state index is 12.5. The van der Waals surface area contributed by atoms with Crippen LogP contribution in [0.2, 0.25) is 0 Å². The lowest BCUT2D eigenvalue weighted by molar-refractivity contribution is -0.121. The lowest BCUT2D eigenvalue weighted by atomic mass is 10.1. The van der Waals surface area contributed by atoms with Gasteiger partial charge in [-0.05, 0) is 43.5 Å². The number of pyridine rings is 1. The molecule has 0 atom stereocenters. The minimum atomic E-state index is -0.279. The van der Waals surface area contributed by atoms with E-state index in [1.165, 1.54) is 4.90 Å². The van der Waals surface area contributed by atoms with Crippen LogP contribution in [0.1, 0.15) is 44.7 Å². The van der Waals surface area contributed by atoms with E-state index in [0.29, 0.717) is 30.5 Å². The number of nitrogens with zero attached hydrogens (tertiary/aromatic N) is 2. The molecule has 1 aliphatic rings. The Bertz CT molecular complexity index is 1130. The zero-order chi connectivity index (χ0) is 21.1. The van der Waals surface area contributed by atoms with Gasteiger partial charge in [-0.3, -0.25) is 24.3 Å². The van der Waals surface area contributed by atoms with E-state index in [2.05, 4.69) is 10.3 Å². The van der Waals surface area contributed by atoms with Crippen molar-refractivity contribution in [2.45, 2.75) is 26.2 Å². The molecule has 0 saturated carbocycles. The maximum Gasteiger partial charge on any atom is 0.261 e. The molecule has 1 aliphatic heterocycles. The van der Waals surface area contributed by atoms with Crippen molar-refractivity contribution in [2.24, 2.45) is 0 Å². The molecule has 4 rings (SSSR count). The fourth-order valence-corrected chi connectivity index (χ4v) is 3.80. The zero-order valence-corrected chi connectivity index (χ0v) is 16.9. The Hall–Kier alpha value is -3.54. The number of imide groups is 1. The average molecular weight is 401 g/mol. The molecular weight excluding hydrogens is 378 g/mol. The summed E-state index contributed by atoms with van der Waals surface area (Å²) in [6.07, 6.45) is 3.16. The summed E-state index contributed by atoms with van der Waals surface area (Å²) in [4.78, 5) is 42.7.